The van der Waals surface area contributed by atoms with Crippen molar-refractivity contribution in [1.82, 2.24) is 9.80 Å². The Kier molecular flexibility index (Phi) is 7.94. The van der Waals surface area contributed by atoms with E-state index < -0.39 is 11.6 Å². The number of halogens is 1. The molecule has 0 radical (unpaired) electrons. The quantitative estimate of drug-likeness (QED) is 0.679. The zero-order valence-corrected chi connectivity index (χ0v) is 18.9. The van der Waals surface area contributed by atoms with Crippen LogP contribution in [0.1, 0.15) is 68.4 Å². The van der Waals surface area contributed by atoms with Crippen LogP contribution >= 0.6 is 11.6 Å². The third-order valence-electron chi connectivity index (χ3n) is 5.83. The molecule has 1 aromatic rings. The first-order chi connectivity index (χ1) is 13.6. The highest BCUT2D eigenvalue weighted by Gasteiger charge is 2.30. The van der Waals surface area contributed by atoms with Gasteiger partial charge < -0.3 is 14.7 Å². The number of hydrogen-bond acceptors (Lipinski definition) is 4. The van der Waals surface area contributed by atoms with Crippen molar-refractivity contribution in [3.8, 4) is 0 Å². The number of piperidine rings is 1. The van der Waals surface area contributed by atoms with Gasteiger partial charge >= 0.3 is 12.1 Å². The molecule has 1 fully saturated rings. The van der Waals surface area contributed by atoms with Gasteiger partial charge in [-0.15, -0.1) is 0 Å². The largest absolute Gasteiger partial charge is 0.478 e. The fourth-order valence-electron chi connectivity index (χ4n) is 3.55. The summed E-state index contributed by atoms with van der Waals surface area (Å²) in [4.78, 5) is 27.8. The van der Waals surface area contributed by atoms with Crippen LogP contribution in [0, 0.1) is 0 Å². The number of ether oxygens (including phenoxy) is 1. The van der Waals surface area contributed by atoms with Crippen molar-refractivity contribution >= 4 is 23.7 Å². The molecular weight excluding hydrogens is 392 g/mol. The molecule has 1 aliphatic rings. The van der Waals surface area contributed by atoms with Crippen LogP contribution in [0.25, 0.3) is 0 Å². The maximum Gasteiger partial charge on any atom is 0.410 e. The van der Waals surface area contributed by atoms with Crippen LogP contribution in [-0.2, 0) is 17.7 Å². The van der Waals surface area contributed by atoms with E-state index in [4.69, 9.17) is 16.3 Å². The van der Waals surface area contributed by atoms with Gasteiger partial charge in [0.25, 0.3) is 0 Å². The Bertz CT molecular complexity index is 751. The second kappa shape index (κ2) is 9.81. The van der Waals surface area contributed by atoms with Crippen LogP contribution in [0.15, 0.2) is 12.1 Å². The number of nitrogens with zero attached hydrogens (tertiary/aromatic N) is 2. The lowest BCUT2D eigenvalue weighted by Crippen LogP contribution is -2.49. The zero-order chi connectivity index (χ0) is 21.8. The van der Waals surface area contributed by atoms with E-state index in [0.29, 0.717) is 18.0 Å². The maximum absolute atomic E-state index is 12.5. The normalized spacial score (nSPS) is 17.8. The van der Waals surface area contributed by atoms with Gasteiger partial charge in [0.2, 0.25) is 0 Å². The van der Waals surface area contributed by atoms with Crippen molar-refractivity contribution in [2.45, 2.75) is 71.6 Å². The smallest absolute Gasteiger partial charge is 0.410 e. The Morgan fingerprint density at radius 2 is 2.03 bits per heavy atom. The minimum Gasteiger partial charge on any atom is -0.478 e. The summed E-state index contributed by atoms with van der Waals surface area (Å²) in [5.74, 6) is -0.971. The van der Waals surface area contributed by atoms with Crippen LogP contribution in [0.4, 0.5) is 4.79 Å². The maximum atomic E-state index is 12.5. The first kappa shape index (κ1) is 23.5. The Labute approximate surface area is 178 Å². The number of likely N-dealkylation sites (tertiary alicyclic amines) is 1. The number of carbonyl (C=O) groups is 2. The molecule has 0 bridgehead atoms. The van der Waals surface area contributed by atoms with Crippen molar-refractivity contribution in [3.63, 3.8) is 0 Å². The van der Waals surface area contributed by atoms with E-state index >= 15 is 0 Å². The van der Waals surface area contributed by atoms with Gasteiger partial charge in [0.1, 0.15) is 5.60 Å². The van der Waals surface area contributed by atoms with Crippen LogP contribution in [0.2, 0.25) is 5.02 Å². The predicted octanol–water partition coefficient (Wildman–Crippen LogP) is 4.82. The van der Waals surface area contributed by atoms with E-state index in [9.17, 15) is 14.7 Å². The predicted molar refractivity (Wildman–Crippen MR) is 115 cm³/mol. The molecule has 29 heavy (non-hydrogen) atoms. The highest BCUT2D eigenvalue weighted by Crippen LogP contribution is 2.27. The zero-order valence-electron chi connectivity index (χ0n) is 18.1. The van der Waals surface area contributed by atoms with Gasteiger partial charge in [-0.2, -0.15) is 0 Å². The van der Waals surface area contributed by atoms with Gasteiger partial charge in [0, 0.05) is 31.2 Å². The molecule has 1 aliphatic heterocycles. The van der Waals surface area contributed by atoms with Crippen LogP contribution < -0.4 is 0 Å². The topological polar surface area (TPSA) is 70.1 Å². The lowest BCUT2D eigenvalue weighted by Gasteiger charge is -2.38. The summed E-state index contributed by atoms with van der Waals surface area (Å²) in [7, 11) is 1.80. The molecule has 0 spiro atoms. The molecular formula is C22H33ClN2O4. The van der Waals surface area contributed by atoms with Gasteiger partial charge in [0.05, 0.1) is 5.56 Å². The highest BCUT2D eigenvalue weighted by atomic mass is 35.5. The number of likely N-dealkylation sites (N-methyl/N-ethyl adjacent to an activating group) is 1. The number of rotatable bonds is 7. The Morgan fingerprint density at radius 3 is 2.62 bits per heavy atom. The molecule has 162 valence electrons. The van der Waals surface area contributed by atoms with E-state index in [-0.39, 0.29) is 17.7 Å². The SMILES string of the molecule is CCc1cc(C(=O)O)cc(Cl)c1CN1CCC[C@H](N(C)C(=O)OC(C)(C)CC)C1. The summed E-state index contributed by atoms with van der Waals surface area (Å²) in [6.45, 7) is 10.1. The first-order valence-electron chi connectivity index (χ1n) is 10.3. The number of carboxylic acid groups (broad SMARTS) is 1. The second-order valence-corrected chi connectivity index (χ2v) is 8.78. The fraction of sp³-hybridized carbons (Fsp3) is 0.636. The second-order valence-electron chi connectivity index (χ2n) is 8.38. The lowest BCUT2D eigenvalue weighted by molar-refractivity contribution is 0.00142. The van der Waals surface area contributed by atoms with Gasteiger partial charge in [-0.25, -0.2) is 9.59 Å². The summed E-state index contributed by atoms with van der Waals surface area (Å²) < 4.78 is 5.64. The molecule has 0 aliphatic carbocycles. The van der Waals surface area contributed by atoms with Gasteiger partial charge in [0.15, 0.2) is 0 Å². The molecule has 0 unspecified atom stereocenters. The van der Waals surface area contributed by atoms with Crippen molar-refractivity contribution in [1.29, 1.82) is 0 Å². The molecule has 1 atom stereocenters. The standard InChI is InChI=1S/C22H33ClN2O4/c1-6-15-11-16(20(26)27)12-19(23)18(15)14-25-10-8-9-17(13-25)24(5)21(28)29-22(3,4)7-2/h11-12,17H,6-10,13-14H2,1-5H3,(H,26,27)/t17-/m0/s1. The van der Waals surface area contributed by atoms with Crippen LogP contribution in [0.5, 0.6) is 0 Å². The molecule has 1 heterocycles. The first-order valence-corrected chi connectivity index (χ1v) is 10.7. The van der Waals surface area contributed by atoms with Crippen molar-refractivity contribution in [2.75, 3.05) is 20.1 Å². The number of amides is 1. The van der Waals surface area contributed by atoms with Gasteiger partial charge in [-0.05, 0) is 69.3 Å². The van der Waals surface area contributed by atoms with E-state index in [1.54, 1.807) is 18.0 Å². The third kappa shape index (κ3) is 6.09. The molecule has 1 saturated heterocycles. The van der Waals surface area contributed by atoms with Gasteiger partial charge in [-0.3, -0.25) is 4.90 Å². The Morgan fingerprint density at radius 1 is 1.34 bits per heavy atom. The number of carbonyl (C=O) groups excluding carboxylic acids is 1. The molecule has 7 heteroatoms. The van der Waals surface area contributed by atoms with E-state index in [0.717, 1.165) is 43.5 Å². The highest BCUT2D eigenvalue weighted by molar-refractivity contribution is 6.31. The van der Waals surface area contributed by atoms with Crippen LogP contribution in [-0.4, -0.2) is 58.7 Å². The summed E-state index contributed by atoms with van der Waals surface area (Å²) >= 11 is 6.44. The lowest BCUT2D eigenvalue weighted by atomic mass is 9.99. The van der Waals surface area contributed by atoms with Crippen molar-refractivity contribution < 1.29 is 19.4 Å². The number of aromatic carboxylic acids is 1. The number of hydrogen-bond donors (Lipinski definition) is 1. The minimum atomic E-state index is -0.971. The molecule has 1 amide bonds. The summed E-state index contributed by atoms with van der Waals surface area (Å²) in [6.07, 6.45) is 3.09. The fourth-order valence-corrected chi connectivity index (χ4v) is 3.85. The van der Waals surface area contributed by atoms with Gasteiger partial charge in [-0.1, -0.05) is 25.4 Å². The number of aryl methyl sites for hydroxylation is 1. The van der Waals surface area contributed by atoms with E-state index in [2.05, 4.69) is 4.90 Å². The summed E-state index contributed by atoms with van der Waals surface area (Å²) in [6, 6.07) is 3.31. The van der Waals surface area contributed by atoms with Crippen molar-refractivity contribution in [3.05, 3.63) is 33.8 Å². The monoisotopic (exact) mass is 424 g/mol. The van der Waals surface area contributed by atoms with Crippen LogP contribution in [0.3, 0.4) is 0 Å². The molecule has 6 nitrogen and oxygen atoms in total. The summed E-state index contributed by atoms with van der Waals surface area (Å²) in [5, 5.41) is 9.76. The minimum absolute atomic E-state index is 0.0750. The van der Waals surface area contributed by atoms with E-state index in [1.165, 1.54) is 6.07 Å². The average Bonchev–Trinajstić information content (AvgIpc) is 2.68. The molecule has 0 saturated carbocycles. The molecule has 2 rings (SSSR count). The molecule has 1 N–H and O–H groups in total. The average molecular weight is 425 g/mol. The molecule has 0 aromatic heterocycles. The Hall–Kier alpha value is -1.79. The Balaban J connectivity index is 2.10. The number of benzene rings is 1. The van der Waals surface area contributed by atoms with E-state index in [1.807, 2.05) is 27.7 Å². The third-order valence-corrected chi connectivity index (χ3v) is 6.17. The molecule has 1 aromatic carbocycles. The summed E-state index contributed by atoms with van der Waals surface area (Å²) in [5.41, 5.74) is 1.66. The van der Waals surface area contributed by atoms with Crippen molar-refractivity contribution in [2.24, 2.45) is 0 Å². The number of carboxylic acids is 1.